The Kier molecular flexibility index (Phi) is 5.13. The molecule has 0 aliphatic rings. The summed E-state index contributed by atoms with van der Waals surface area (Å²) in [5.74, 6) is 2.06. The van der Waals surface area contributed by atoms with E-state index < -0.39 is 0 Å². The third-order valence-corrected chi connectivity index (χ3v) is 4.98. The molecule has 0 amide bonds. The zero-order valence-corrected chi connectivity index (χ0v) is 16.5. The van der Waals surface area contributed by atoms with Crippen molar-refractivity contribution in [1.29, 1.82) is 0 Å². The van der Waals surface area contributed by atoms with Crippen LogP contribution in [0, 0.1) is 0 Å². The molecule has 5 rings (SSSR count). The molecule has 0 aliphatic heterocycles. The normalized spacial score (nSPS) is 10.7. The molecule has 0 spiro atoms. The third kappa shape index (κ3) is 3.89. The summed E-state index contributed by atoms with van der Waals surface area (Å²) < 4.78 is 5.27. The van der Waals surface area contributed by atoms with E-state index in [9.17, 15) is 0 Å². The maximum Gasteiger partial charge on any atom is 0.569 e. The fourth-order valence-corrected chi connectivity index (χ4v) is 3.48. The predicted octanol–water partition coefficient (Wildman–Crippen LogP) is 4.93. The second-order valence-corrected chi connectivity index (χ2v) is 6.95. The van der Waals surface area contributed by atoms with E-state index in [1.165, 1.54) is 0 Å². The molecule has 5 aromatic rings. The van der Waals surface area contributed by atoms with Crippen molar-refractivity contribution >= 4 is 18.5 Å². The first-order chi connectivity index (χ1) is 15.3. The standard InChI is InChI=1S/C25H17BN3O2/c30-26-31-22-13-7-6-12-21(22)25-28-23(18-9-2-1-3-10-18)27-24(29-25)20-15-14-17-8-4-5-11-19(17)16-20/h1-16,30H. The minimum absolute atomic E-state index is 0.458. The summed E-state index contributed by atoms with van der Waals surface area (Å²) in [5.41, 5.74) is 2.45. The molecule has 0 saturated carbocycles. The average molecular weight is 402 g/mol. The first-order valence-electron chi connectivity index (χ1n) is 9.84. The minimum atomic E-state index is 0.458. The molecule has 1 N–H and O–H groups in total. The van der Waals surface area contributed by atoms with Gasteiger partial charge in [-0.25, -0.2) is 15.0 Å². The lowest BCUT2D eigenvalue weighted by atomic mass is 10.1. The lowest BCUT2D eigenvalue weighted by Crippen LogP contribution is -2.04. The molecule has 0 saturated heterocycles. The van der Waals surface area contributed by atoms with Crippen molar-refractivity contribution in [2.75, 3.05) is 0 Å². The van der Waals surface area contributed by atoms with Gasteiger partial charge < -0.3 is 9.68 Å². The highest BCUT2D eigenvalue weighted by atomic mass is 16.5. The summed E-state index contributed by atoms with van der Waals surface area (Å²) >= 11 is 0. The number of nitrogens with zero attached hydrogens (tertiary/aromatic N) is 3. The second kappa shape index (κ2) is 8.38. The monoisotopic (exact) mass is 402 g/mol. The summed E-state index contributed by atoms with van der Waals surface area (Å²) in [6, 6.07) is 31.4. The Balaban J connectivity index is 1.72. The van der Waals surface area contributed by atoms with Crippen molar-refractivity contribution in [2.45, 2.75) is 0 Å². The van der Waals surface area contributed by atoms with E-state index in [-0.39, 0.29) is 0 Å². The lowest BCUT2D eigenvalue weighted by Gasteiger charge is -2.11. The summed E-state index contributed by atoms with van der Waals surface area (Å²) in [6.07, 6.45) is 0. The van der Waals surface area contributed by atoms with Gasteiger partial charge >= 0.3 is 7.69 Å². The number of benzene rings is 4. The van der Waals surface area contributed by atoms with Gasteiger partial charge in [-0.2, -0.15) is 0 Å². The molecule has 5 nitrogen and oxygen atoms in total. The van der Waals surface area contributed by atoms with Crippen LogP contribution in [-0.2, 0) is 0 Å². The third-order valence-electron chi connectivity index (χ3n) is 4.98. The van der Waals surface area contributed by atoms with E-state index in [1.54, 1.807) is 6.07 Å². The summed E-state index contributed by atoms with van der Waals surface area (Å²) in [4.78, 5) is 14.2. The van der Waals surface area contributed by atoms with Crippen molar-refractivity contribution in [3.05, 3.63) is 97.1 Å². The van der Waals surface area contributed by atoms with Crippen molar-refractivity contribution in [3.63, 3.8) is 0 Å². The topological polar surface area (TPSA) is 68.1 Å². The molecule has 0 bridgehead atoms. The van der Waals surface area contributed by atoms with Crippen LogP contribution in [0.5, 0.6) is 5.75 Å². The molecular weight excluding hydrogens is 385 g/mol. The Morgan fingerprint density at radius 1 is 0.581 bits per heavy atom. The Morgan fingerprint density at radius 3 is 2.03 bits per heavy atom. The maximum atomic E-state index is 9.16. The van der Waals surface area contributed by atoms with Crippen LogP contribution in [0.3, 0.4) is 0 Å². The lowest BCUT2D eigenvalue weighted by molar-refractivity contribution is 0.454. The van der Waals surface area contributed by atoms with Gasteiger partial charge in [-0.05, 0) is 29.0 Å². The number of fused-ring (bicyclic) bond motifs is 1. The molecule has 0 unspecified atom stereocenters. The molecule has 4 aromatic carbocycles. The van der Waals surface area contributed by atoms with E-state index in [2.05, 4.69) is 24.3 Å². The van der Waals surface area contributed by atoms with Crippen molar-refractivity contribution in [3.8, 4) is 39.9 Å². The highest BCUT2D eigenvalue weighted by Crippen LogP contribution is 2.31. The second-order valence-electron chi connectivity index (χ2n) is 6.95. The molecule has 31 heavy (non-hydrogen) atoms. The molecule has 147 valence electrons. The van der Waals surface area contributed by atoms with Gasteiger partial charge in [0, 0.05) is 11.1 Å². The van der Waals surface area contributed by atoms with Crippen LogP contribution in [0.4, 0.5) is 0 Å². The van der Waals surface area contributed by atoms with E-state index in [1.807, 2.05) is 66.7 Å². The van der Waals surface area contributed by atoms with Crippen LogP contribution in [0.15, 0.2) is 97.1 Å². The van der Waals surface area contributed by atoms with E-state index >= 15 is 0 Å². The zero-order valence-electron chi connectivity index (χ0n) is 16.5. The van der Waals surface area contributed by atoms with E-state index in [0.29, 0.717) is 36.5 Å². The number of aromatic nitrogens is 3. The Hall–Kier alpha value is -4.03. The molecule has 1 heterocycles. The maximum absolute atomic E-state index is 9.16. The molecular formula is C25H17BN3O2. The number of rotatable bonds is 5. The highest BCUT2D eigenvalue weighted by molar-refractivity contribution is 6.17. The molecule has 1 radical (unpaired) electrons. The fraction of sp³-hybridized carbons (Fsp3) is 0. The van der Waals surface area contributed by atoms with Gasteiger partial charge in [-0.3, -0.25) is 0 Å². The fourth-order valence-electron chi connectivity index (χ4n) is 3.48. The zero-order chi connectivity index (χ0) is 21.0. The first-order valence-corrected chi connectivity index (χ1v) is 9.84. The molecule has 0 aliphatic carbocycles. The first kappa shape index (κ1) is 19.0. The van der Waals surface area contributed by atoms with E-state index in [4.69, 9.17) is 24.6 Å². The van der Waals surface area contributed by atoms with Gasteiger partial charge in [0.1, 0.15) is 5.75 Å². The van der Waals surface area contributed by atoms with E-state index in [0.717, 1.165) is 21.9 Å². The largest absolute Gasteiger partial charge is 0.569 e. The molecule has 1 aromatic heterocycles. The van der Waals surface area contributed by atoms with Gasteiger partial charge in [-0.1, -0.05) is 78.9 Å². The van der Waals surface area contributed by atoms with Gasteiger partial charge in [-0.15, -0.1) is 0 Å². The van der Waals surface area contributed by atoms with Gasteiger partial charge in [0.2, 0.25) is 0 Å². The molecule has 0 atom stereocenters. The van der Waals surface area contributed by atoms with Crippen LogP contribution < -0.4 is 4.65 Å². The Morgan fingerprint density at radius 2 is 1.23 bits per heavy atom. The molecule has 6 heteroatoms. The average Bonchev–Trinajstić information content (AvgIpc) is 2.84. The van der Waals surface area contributed by atoms with Gasteiger partial charge in [0.05, 0.1) is 5.56 Å². The number of hydrogen-bond donors (Lipinski definition) is 1. The minimum Gasteiger partial charge on any atom is -0.537 e. The predicted molar refractivity (Wildman–Crippen MR) is 122 cm³/mol. The SMILES string of the molecule is O[B]Oc1ccccc1-c1nc(-c2ccccc2)nc(-c2ccc3ccccc3c2)n1. The van der Waals surface area contributed by atoms with Crippen molar-refractivity contribution < 1.29 is 9.68 Å². The van der Waals surface area contributed by atoms with Gasteiger partial charge in [0.15, 0.2) is 17.5 Å². The Bertz CT molecular complexity index is 1360. The Labute approximate surface area is 180 Å². The van der Waals surface area contributed by atoms with Crippen LogP contribution in [-0.4, -0.2) is 27.7 Å². The summed E-state index contributed by atoms with van der Waals surface area (Å²) in [6.45, 7) is 0. The number of para-hydroxylation sites is 1. The van der Waals surface area contributed by atoms with Crippen molar-refractivity contribution in [2.24, 2.45) is 0 Å². The van der Waals surface area contributed by atoms with Crippen molar-refractivity contribution in [1.82, 2.24) is 15.0 Å². The van der Waals surface area contributed by atoms with Crippen LogP contribution in [0.2, 0.25) is 0 Å². The molecule has 0 fully saturated rings. The summed E-state index contributed by atoms with van der Waals surface area (Å²) in [7, 11) is 0.655. The highest BCUT2D eigenvalue weighted by Gasteiger charge is 2.15. The quantitative estimate of drug-likeness (QED) is 0.422. The summed E-state index contributed by atoms with van der Waals surface area (Å²) in [5, 5.41) is 11.4. The van der Waals surface area contributed by atoms with Crippen LogP contribution in [0.25, 0.3) is 44.9 Å². The smallest absolute Gasteiger partial charge is 0.537 e. The number of hydrogen-bond acceptors (Lipinski definition) is 5. The van der Waals surface area contributed by atoms with Gasteiger partial charge in [0.25, 0.3) is 0 Å². The van der Waals surface area contributed by atoms with Crippen LogP contribution >= 0.6 is 0 Å². The van der Waals surface area contributed by atoms with Crippen LogP contribution in [0.1, 0.15) is 0 Å².